The number of amides is 1. The Morgan fingerprint density at radius 1 is 1.07 bits per heavy atom. The predicted octanol–water partition coefficient (Wildman–Crippen LogP) is 4.52. The number of anilines is 1. The average molecular weight is 375 g/mol. The van der Waals surface area contributed by atoms with E-state index in [0.29, 0.717) is 5.82 Å². The average Bonchev–Trinajstić information content (AvgIpc) is 2.70. The maximum atomic E-state index is 13.1. The van der Waals surface area contributed by atoms with Crippen molar-refractivity contribution in [2.45, 2.75) is 39.0 Å². The zero-order valence-corrected chi connectivity index (χ0v) is 15.8. The van der Waals surface area contributed by atoms with Gasteiger partial charge in [-0.15, -0.1) is 0 Å². The van der Waals surface area contributed by atoms with Crippen molar-refractivity contribution in [3.63, 3.8) is 0 Å². The number of fused-ring (bicyclic) bond motifs is 3. The number of nitrogens with one attached hydrogen (secondary N) is 1. The van der Waals surface area contributed by atoms with Crippen LogP contribution in [0.5, 0.6) is 0 Å². The van der Waals surface area contributed by atoms with Crippen LogP contribution in [0.4, 0.5) is 10.2 Å². The number of aryl methyl sites for hydroxylation is 3. The van der Waals surface area contributed by atoms with E-state index in [1.54, 1.807) is 12.1 Å². The number of hydrogen-bond donors (Lipinski definition) is 1. The van der Waals surface area contributed by atoms with Gasteiger partial charge in [0.1, 0.15) is 5.82 Å². The largest absolute Gasteiger partial charge is 0.309 e. The van der Waals surface area contributed by atoms with Gasteiger partial charge in [-0.3, -0.25) is 4.79 Å². The standard InChI is InChI=1S/C23H22FN3O/c1-2-5-20-23(27-21(28)14-15-8-11-17(24)12-9-15)26-19-13-10-16-6-3-4-7-18(16)22(19)25-20/h3-4,6-9,11-12H,2,5,10,13-14H2,1H3,(H,26,27,28). The lowest BCUT2D eigenvalue weighted by Crippen LogP contribution is -2.19. The van der Waals surface area contributed by atoms with Crippen molar-refractivity contribution in [2.75, 3.05) is 5.32 Å². The summed E-state index contributed by atoms with van der Waals surface area (Å²) in [6.07, 6.45) is 3.57. The summed E-state index contributed by atoms with van der Waals surface area (Å²) >= 11 is 0. The highest BCUT2D eigenvalue weighted by molar-refractivity contribution is 5.92. The second-order valence-corrected chi connectivity index (χ2v) is 7.07. The molecule has 0 radical (unpaired) electrons. The molecular weight excluding hydrogens is 353 g/mol. The van der Waals surface area contributed by atoms with Crippen molar-refractivity contribution in [3.8, 4) is 11.3 Å². The first kappa shape index (κ1) is 18.3. The van der Waals surface area contributed by atoms with E-state index in [1.807, 2.05) is 12.1 Å². The minimum absolute atomic E-state index is 0.172. The van der Waals surface area contributed by atoms with Gasteiger partial charge in [0.25, 0.3) is 0 Å². The van der Waals surface area contributed by atoms with Gasteiger partial charge < -0.3 is 5.32 Å². The van der Waals surface area contributed by atoms with Crippen LogP contribution in [0.3, 0.4) is 0 Å². The molecule has 28 heavy (non-hydrogen) atoms. The summed E-state index contributed by atoms with van der Waals surface area (Å²) in [6.45, 7) is 2.08. The molecule has 0 fully saturated rings. The number of aromatic nitrogens is 2. The van der Waals surface area contributed by atoms with E-state index in [-0.39, 0.29) is 18.1 Å². The van der Waals surface area contributed by atoms with Crippen molar-refractivity contribution in [2.24, 2.45) is 0 Å². The van der Waals surface area contributed by atoms with E-state index in [0.717, 1.165) is 53.9 Å². The third-order valence-corrected chi connectivity index (χ3v) is 4.97. The fraction of sp³-hybridized carbons (Fsp3) is 0.261. The minimum Gasteiger partial charge on any atom is -0.309 e. The molecule has 0 bridgehead atoms. The minimum atomic E-state index is -0.310. The molecule has 1 aliphatic carbocycles. The van der Waals surface area contributed by atoms with Gasteiger partial charge >= 0.3 is 0 Å². The molecule has 3 aromatic rings. The number of carbonyl (C=O) groups excluding carboxylic acids is 1. The number of hydrogen-bond acceptors (Lipinski definition) is 3. The molecule has 0 spiro atoms. The molecule has 5 heteroatoms. The molecule has 0 saturated carbocycles. The van der Waals surface area contributed by atoms with Crippen LogP contribution < -0.4 is 5.32 Å². The van der Waals surface area contributed by atoms with Crippen molar-refractivity contribution >= 4 is 11.7 Å². The maximum Gasteiger partial charge on any atom is 0.229 e. The summed E-state index contributed by atoms with van der Waals surface area (Å²) in [7, 11) is 0. The van der Waals surface area contributed by atoms with Crippen molar-refractivity contribution in [1.29, 1.82) is 0 Å². The number of nitrogens with zero attached hydrogens (tertiary/aromatic N) is 2. The molecular formula is C23H22FN3O. The summed E-state index contributed by atoms with van der Waals surface area (Å²) in [6, 6.07) is 14.3. The number of benzene rings is 2. The van der Waals surface area contributed by atoms with E-state index in [2.05, 4.69) is 24.4 Å². The van der Waals surface area contributed by atoms with Crippen LogP contribution in [0.25, 0.3) is 11.3 Å². The summed E-state index contributed by atoms with van der Waals surface area (Å²) in [5, 5.41) is 2.93. The first-order chi connectivity index (χ1) is 13.6. The highest BCUT2D eigenvalue weighted by atomic mass is 19.1. The summed E-state index contributed by atoms with van der Waals surface area (Å²) < 4.78 is 13.1. The second-order valence-electron chi connectivity index (χ2n) is 7.07. The Morgan fingerprint density at radius 2 is 1.86 bits per heavy atom. The predicted molar refractivity (Wildman–Crippen MR) is 108 cm³/mol. The molecule has 1 aliphatic rings. The number of carbonyl (C=O) groups is 1. The molecule has 1 amide bonds. The SMILES string of the molecule is CCCc1nc2c(nc1NC(=O)Cc1ccc(F)cc1)CCc1ccccc1-2. The van der Waals surface area contributed by atoms with Crippen molar-refractivity contribution < 1.29 is 9.18 Å². The molecule has 4 nitrogen and oxygen atoms in total. The normalized spacial score (nSPS) is 12.2. The smallest absolute Gasteiger partial charge is 0.229 e. The Bertz CT molecular complexity index is 1010. The van der Waals surface area contributed by atoms with Crippen LogP contribution >= 0.6 is 0 Å². The van der Waals surface area contributed by atoms with Gasteiger partial charge in [0, 0.05) is 5.56 Å². The molecule has 0 saturated heterocycles. The lowest BCUT2D eigenvalue weighted by molar-refractivity contribution is -0.115. The molecule has 2 aromatic carbocycles. The lowest BCUT2D eigenvalue weighted by atomic mass is 9.91. The number of halogens is 1. The van der Waals surface area contributed by atoms with E-state index in [9.17, 15) is 9.18 Å². The Hall–Kier alpha value is -3.08. The van der Waals surface area contributed by atoms with Gasteiger partial charge in [0.15, 0.2) is 5.82 Å². The third-order valence-electron chi connectivity index (χ3n) is 4.97. The van der Waals surface area contributed by atoms with Crippen LogP contribution in [0.2, 0.25) is 0 Å². The number of rotatable bonds is 5. The Morgan fingerprint density at radius 3 is 2.64 bits per heavy atom. The fourth-order valence-corrected chi connectivity index (χ4v) is 3.59. The van der Waals surface area contributed by atoms with Gasteiger partial charge in [-0.2, -0.15) is 0 Å². The lowest BCUT2D eigenvalue weighted by Gasteiger charge is -2.20. The van der Waals surface area contributed by atoms with E-state index < -0.39 is 0 Å². The first-order valence-electron chi connectivity index (χ1n) is 9.66. The first-order valence-corrected chi connectivity index (χ1v) is 9.66. The van der Waals surface area contributed by atoms with Crippen molar-refractivity contribution in [3.05, 3.63) is 76.9 Å². The van der Waals surface area contributed by atoms with Gasteiger partial charge in [0.2, 0.25) is 5.91 Å². The Balaban J connectivity index is 1.62. The summed E-state index contributed by atoms with van der Waals surface area (Å²) in [5.74, 6) is 0.0664. The van der Waals surface area contributed by atoms with E-state index in [1.165, 1.54) is 17.7 Å². The third kappa shape index (κ3) is 3.79. The quantitative estimate of drug-likeness (QED) is 0.714. The van der Waals surface area contributed by atoms with Gasteiger partial charge in [-0.05, 0) is 42.5 Å². The fourth-order valence-electron chi connectivity index (χ4n) is 3.59. The van der Waals surface area contributed by atoms with E-state index >= 15 is 0 Å². The summed E-state index contributed by atoms with van der Waals surface area (Å²) in [5.41, 5.74) is 5.86. The molecule has 1 N–H and O–H groups in total. The topological polar surface area (TPSA) is 54.9 Å². The molecule has 142 valence electrons. The molecule has 1 aromatic heterocycles. The second kappa shape index (κ2) is 7.89. The van der Waals surface area contributed by atoms with Gasteiger partial charge in [0.05, 0.1) is 23.5 Å². The molecule has 0 atom stereocenters. The molecule has 1 heterocycles. The zero-order valence-electron chi connectivity index (χ0n) is 15.8. The molecule has 0 aliphatic heterocycles. The maximum absolute atomic E-state index is 13.1. The summed E-state index contributed by atoms with van der Waals surface area (Å²) in [4.78, 5) is 22.2. The van der Waals surface area contributed by atoms with Crippen LogP contribution in [0.15, 0.2) is 48.5 Å². The Kier molecular flexibility index (Phi) is 5.15. The van der Waals surface area contributed by atoms with Gasteiger partial charge in [-0.1, -0.05) is 49.7 Å². The molecule has 0 unspecified atom stereocenters. The van der Waals surface area contributed by atoms with Crippen LogP contribution in [0.1, 0.15) is 35.9 Å². The van der Waals surface area contributed by atoms with Gasteiger partial charge in [-0.25, -0.2) is 14.4 Å². The highest BCUT2D eigenvalue weighted by Crippen LogP contribution is 2.32. The van der Waals surface area contributed by atoms with Crippen LogP contribution in [-0.2, 0) is 30.5 Å². The van der Waals surface area contributed by atoms with Crippen LogP contribution in [-0.4, -0.2) is 15.9 Å². The molecule has 4 rings (SSSR count). The van der Waals surface area contributed by atoms with Crippen LogP contribution in [0, 0.1) is 5.82 Å². The Labute approximate surface area is 163 Å². The van der Waals surface area contributed by atoms with Crippen molar-refractivity contribution in [1.82, 2.24) is 9.97 Å². The zero-order chi connectivity index (χ0) is 19.5. The van der Waals surface area contributed by atoms with E-state index in [4.69, 9.17) is 9.97 Å². The monoisotopic (exact) mass is 375 g/mol. The highest BCUT2D eigenvalue weighted by Gasteiger charge is 2.21.